The standard InChI is InChI=1S/C8H16N4O/c13-8-10-2-1-5-12(8)11-6-3-9-4-7-11/h9H,1-7H2,(H,10,13). The number of hydrogen-bond donors (Lipinski definition) is 2. The molecular weight excluding hydrogens is 168 g/mol. The topological polar surface area (TPSA) is 47.6 Å². The summed E-state index contributed by atoms with van der Waals surface area (Å²) in [5.74, 6) is 0. The maximum absolute atomic E-state index is 11.4. The Bertz CT molecular complexity index is 191. The van der Waals surface area contributed by atoms with Crippen LogP contribution in [0.15, 0.2) is 0 Å². The molecule has 0 aromatic heterocycles. The minimum atomic E-state index is 0.0631. The third-order valence-corrected chi connectivity index (χ3v) is 2.49. The van der Waals surface area contributed by atoms with Crippen molar-refractivity contribution in [1.29, 1.82) is 0 Å². The van der Waals surface area contributed by atoms with Crippen LogP contribution in [0, 0.1) is 0 Å². The zero-order chi connectivity index (χ0) is 9.10. The summed E-state index contributed by atoms with van der Waals surface area (Å²) in [4.78, 5) is 11.4. The maximum atomic E-state index is 11.4. The Balaban J connectivity index is 1.92. The third kappa shape index (κ3) is 1.92. The zero-order valence-corrected chi connectivity index (χ0v) is 7.75. The molecule has 0 aromatic rings. The van der Waals surface area contributed by atoms with Crippen LogP contribution in [0.1, 0.15) is 6.42 Å². The van der Waals surface area contributed by atoms with Crippen LogP contribution in [0.2, 0.25) is 0 Å². The summed E-state index contributed by atoms with van der Waals surface area (Å²) < 4.78 is 0. The molecule has 2 N–H and O–H groups in total. The molecule has 5 heteroatoms. The van der Waals surface area contributed by atoms with Gasteiger partial charge in [0.1, 0.15) is 0 Å². The quantitative estimate of drug-likeness (QED) is 0.562. The molecule has 13 heavy (non-hydrogen) atoms. The highest BCUT2D eigenvalue weighted by Crippen LogP contribution is 2.05. The molecule has 2 fully saturated rings. The lowest BCUT2D eigenvalue weighted by atomic mass is 10.3. The van der Waals surface area contributed by atoms with E-state index in [4.69, 9.17) is 0 Å². The highest BCUT2D eigenvalue weighted by atomic mass is 16.2. The normalized spacial score (nSPS) is 25.8. The zero-order valence-electron chi connectivity index (χ0n) is 7.75. The first-order valence-corrected chi connectivity index (χ1v) is 4.89. The summed E-state index contributed by atoms with van der Waals surface area (Å²) in [7, 11) is 0. The lowest BCUT2D eigenvalue weighted by molar-refractivity contribution is -0.00412. The van der Waals surface area contributed by atoms with Crippen molar-refractivity contribution in [2.24, 2.45) is 0 Å². The van der Waals surface area contributed by atoms with Crippen LogP contribution in [0.25, 0.3) is 0 Å². The number of rotatable bonds is 1. The highest BCUT2D eigenvalue weighted by molar-refractivity contribution is 5.74. The monoisotopic (exact) mass is 184 g/mol. The highest BCUT2D eigenvalue weighted by Gasteiger charge is 2.24. The molecular formula is C8H16N4O. The summed E-state index contributed by atoms with van der Waals surface area (Å²) >= 11 is 0. The predicted octanol–water partition coefficient (Wildman–Crippen LogP) is -0.778. The van der Waals surface area contributed by atoms with E-state index in [-0.39, 0.29) is 6.03 Å². The molecule has 2 heterocycles. The number of hydrogen-bond acceptors (Lipinski definition) is 3. The first-order chi connectivity index (χ1) is 6.38. The van der Waals surface area contributed by atoms with E-state index >= 15 is 0 Å². The van der Waals surface area contributed by atoms with Crippen molar-refractivity contribution in [3.8, 4) is 0 Å². The van der Waals surface area contributed by atoms with Gasteiger partial charge in [0.15, 0.2) is 0 Å². The number of carbonyl (C=O) groups excluding carboxylic acids is 1. The van der Waals surface area contributed by atoms with Crippen LogP contribution in [0.4, 0.5) is 4.79 Å². The largest absolute Gasteiger partial charge is 0.337 e. The second-order valence-corrected chi connectivity index (χ2v) is 3.41. The van der Waals surface area contributed by atoms with Crippen LogP contribution < -0.4 is 10.6 Å². The van der Waals surface area contributed by atoms with Crippen molar-refractivity contribution < 1.29 is 4.79 Å². The van der Waals surface area contributed by atoms with Gasteiger partial charge in [0.2, 0.25) is 0 Å². The fraction of sp³-hybridized carbons (Fsp3) is 0.875. The number of amides is 2. The molecule has 0 aliphatic carbocycles. The summed E-state index contributed by atoms with van der Waals surface area (Å²) in [5, 5.41) is 10.1. The van der Waals surface area contributed by atoms with Crippen molar-refractivity contribution in [3.05, 3.63) is 0 Å². The van der Waals surface area contributed by atoms with Gasteiger partial charge in [0, 0.05) is 39.3 Å². The van der Waals surface area contributed by atoms with Crippen LogP contribution >= 0.6 is 0 Å². The molecule has 2 aliphatic rings. The second-order valence-electron chi connectivity index (χ2n) is 3.41. The fourth-order valence-corrected chi connectivity index (χ4v) is 1.78. The first kappa shape index (κ1) is 8.77. The van der Waals surface area contributed by atoms with Gasteiger partial charge in [-0.2, -0.15) is 0 Å². The average molecular weight is 184 g/mol. The Kier molecular flexibility index (Phi) is 2.65. The number of piperazine rings is 1. The molecule has 0 unspecified atom stereocenters. The molecule has 2 rings (SSSR count). The van der Waals surface area contributed by atoms with Crippen LogP contribution in [0.3, 0.4) is 0 Å². The molecule has 0 saturated carbocycles. The Labute approximate surface area is 78.0 Å². The van der Waals surface area contributed by atoms with Gasteiger partial charge in [-0.05, 0) is 6.42 Å². The molecule has 5 nitrogen and oxygen atoms in total. The van der Waals surface area contributed by atoms with Crippen molar-refractivity contribution in [3.63, 3.8) is 0 Å². The summed E-state index contributed by atoms with van der Waals surface area (Å²) in [5.41, 5.74) is 0. The summed E-state index contributed by atoms with van der Waals surface area (Å²) in [6, 6.07) is 0.0631. The van der Waals surface area contributed by atoms with Gasteiger partial charge < -0.3 is 10.6 Å². The fourth-order valence-electron chi connectivity index (χ4n) is 1.78. The third-order valence-electron chi connectivity index (χ3n) is 2.49. The minimum Gasteiger partial charge on any atom is -0.337 e. The number of nitrogens with zero attached hydrogens (tertiary/aromatic N) is 2. The van der Waals surface area contributed by atoms with Gasteiger partial charge in [-0.3, -0.25) is 5.01 Å². The van der Waals surface area contributed by atoms with E-state index in [1.165, 1.54) is 0 Å². The lowest BCUT2D eigenvalue weighted by Crippen LogP contribution is -2.59. The molecule has 2 amide bonds. The van der Waals surface area contributed by atoms with Gasteiger partial charge in [0.25, 0.3) is 0 Å². The maximum Gasteiger partial charge on any atom is 0.331 e. The van der Waals surface area contributed by atoms with E-state index in [1.54, 1.807) is 0 Å². The van der Waals surface area contributed by atoms with Gasteiger partial charge in [-0.25, -0.2) is 9.80 Å². The van der Waals surface area contributed by atoms with Gasteiger partial charge >= 0.3 is 6.03 Å². The first-order valence-electron chi connectivity index (χ1n) is 4.89. The number of hydrazine groups is 1. The molecule has 0 spiro atoms. The molecule has 74 valence electrons. The molecule has 0 aromatic carbocycles. The SMILES string of the molecule is O=C1NCCCN1N1CCNCC1. The van der Waals surface area contributed by atoms with Gasteiger partial charge in [-0.1, -0.05) is 0 Å². The van der Waals surface area contributed by atoms with Crippen molar-refractivity contribution in [1.82, 2.24) is 20.7 Å². The molecule has 2 saturated heterocycles. The van der Waals surface area contributed by atoms with E-state index in [1.807, 2.05) is 5.01 Å². The number of nitrogens with one attached hydrogen (secondary N) is 2. The average Bonchev–Trinajstić information content (AvgIpc) is 2.20. The minimum absolute atomic E-state index is 0.0631. The van der Waals surface area contributed by atoms with E-state index in [9.17, 15) is 4.79 Å². The number of urea groups is 1. The van der Waals surface area contributed by atoms with Crippen molar-refractivity contribution >= 4 is 6.03 Å². The Morgan fingerprint density at radius 1 is 1.08 bits per heavy atom. The smallest absolute Gasteiger partial charge is 0.331 e. The lowest BCUT2D eigenvalue weighted by Gasteiger charge is -2.39. The second kappa shape index (κ2) is 3.93. The molecule has 0 bridgehead atoms. The van der Waals surface area contributed by atoms with Crippen LogP contribution in [-0.4, -0.2) is 55.3 Å². The molecule has 2 aliphatic heterocycles. The van der Waals surface area contributed by atoms with Crippen LogP contribution in [0.5, 0.6) is 0 Å². The predicted molar refractivity (Wildman–Crippen MR) is 49.2 cm³/mol. The number of carbonyl (C=O) groups is 1. The van der Waals surface area contributed by atoms with E-state index < -0.39 is 0 Å². The van der Waals surface area contributed by atoms with Crippen molar-refractivity contribution in [2.45, 2.75) is 6.42 Å². The van der Waals surface area contributed by atoms with Crippen LogP contribution in [-0.2, 0) is 0 Å². The van der Waals surface area contributed by atoms with Crippen molar-refractivity contribution in [2.75, 3.05) is 39.3 Å². The molecule has 0 radical (unpaired) electrons. The van der Waals surface area contributed by atoms with E-state index in [0.29, 0.717) is 0 Å². The Hall–Kier alpha value is -0.810. The molecule has 0 atom stereocenters. The summed E-state index contributed by atoms with van der Waals surface area (Å²) in [6.07, 6.45) is 1.05. The summed E-state index contributed by atoms with van der Waals surface area (Å²) in [6.45, 7) is 5.52. The Morgan fingerprint density at radius 2 is 1.85 bits per heavy atom. The van der Waals surface area contributed by atoms with E-state index in [0.717, 1.165) is 45.7 Å². The van der Waals surface area contributed by atoms with Gasteiger partial charge in [-0.15, -0.1) is 0 Å². The van der Waals surface area contributed by atoms with Gasteiger partial charge in [0.05, 0.1) is 0 Å². The Morgan fingerprint density at radius 3 is 2.54 bits per heavy atom. The van der Waals surface area contributed by atoms with E-state index in [2.05, 4.69) is 15.6 Å².